The standard InChI is InChI=1S/C27H25ClF3NO4/c1-35-24-14-18(9-12-23(24)36-16-17-6-3-2-4-7-17)25(32-13-5-8-22(32)26(33)34)20-15-19(27(29,30)31)10-11-21(20)28/h2-4,6-7,9-12,14-15,22,25H,5,8,13,16H2,1H3,(H,33,34). The molecule has 0 saturated carbocycles. The molecule has 1 fully saturated rings. The predicted octanol–water partition coefficient (Wildman–Crippen LogP) is 6.58. The number of alkyl halides is 3. The number of benzene rings is 3. The summed E-state index contributed by atoms with van der Waals surface area (Å²) in [6.45, 7) is 0.690. The van der Waals surface area contributed by atoms with Crippen molar-refractivity contribution in [2.24, 2.45) is 0 Å². The highest BCUT2D eigenvalue weighted by molar-refractivity contribution is 6.31. The fourth-order valence-electron chi connectivity index (χ4n) is 4.55. The Bertz CT molecular complexity index is 1220. The van der Waals surface area contributed by atoms with Crippen LogP contribution in [-0.4, -0.2) is 35.7 Å². The van der Waals surface area contributed by atoms with E-state index in [2.05, 4.69) is 0 Å². The Hall–Kier alpha value is -3.23. The number of carbonyl (C=O) groups is 1. The first-order valence-corrected chi connectivity index (χ1v) is 11.8. The first kappa shape index (κ1) is 25.9. The van der Waals surface area contributed by atoms with E-state index in [1.807, 2.05) is 30.3 Å². The molecule has 0 aliphatic carbocycles. The molecule has 5 nitrogen and oxygen atoms in total. The molecule has 9 heteroatoms. The average molecular weight is 520 g/mol. The predicted molar refractivity (Wildman–Crippen MR) is 129 cm³/mol. The molecule has 1 heterocycles. The minimum atomic E-state index is -4.58. The number of likely N-dealkylation sites (tertiary alicyclic amines) is 1. The van der Waals surface area contributed by atoms with Crippen LogP contribution in [0.4, 0.5) is 13.2 Å². The molecular formula is C27H25ClF3NO4. The van der Waals surface area contributed by atoms with Gasteiger partial charge in [-0.05, 0) is 59.9 Å². The Kier molecular flexibility index (Phi) is 7.76. The molecule has 3 aromatic rings. The maximum absolute atomic E-state index is 13.6. The molecule has 36 heavy (non-hydrogen) atoms. The van der Waals surface area contributed by atoms with Gasteiger partial charge in [-0.1, -0.05) is 48.0 Å². The zero-order chi connectivity index (χ0) is 25.9. The van der Waals surface area contributed by atoms with E-state index < -0.39 is 29.8 Å². The van der Waals surface area contributed by atoms with Crippen molar-refractivity contribution < 1.29 is 32.5 Å². The number of rotatable bonds is 8. The maximum atomic E-state index is 13.6. The Labute approximate surface area is 212 Å². The van der Waals surface area contributed by atoms with E-state index in [1.165, 1.54) is 13.2 Å². The number of hydrogen-bond acceptors (Lipinski definition) is 4. The lowest BCUT2D eigenvalue weighted by Crippen LogP contribution is -2.39. The van der Waals surface area contributed by atoms with Gasteiger partial charge in [0.05, 0.1) is 18.7 Å². The first-order chi connectivity index (χ1) is 17.2. The van der Waals surface area contributed by atoms with E-state index in [9.17, 15) is 23.1 Å². The third kappa shape index (κ3) is 5.60. The average Bonchev–Trinajstić information content (AvgIpc) is 3.34. The first-order valence-electron chi connectivity index (χ1n) is 11.4. The number of methoxy groups -OCH3 is 1. The van der Waals surface area contributed by atoms with Crippen LogP contribution in [0.1, 0.15) is 41.1 Å². The molecule has 4 rings (SSSR count). The molecule has 0 amide bonds. The normalized spacial score (nSPS) is 17.1. The van der Waals surface area contributed by atoms with Crippen molar-refractivity contribution in [3.8, 4) is 11.5 Å². The van der Waals surface area contributed by atoms with E-state index in [1.54, 1.807) is 23.1 Å². The van der Waals surface area contributed by atoms with Gasteiger partial charge in [-0.15, -0.1) is 0 Å². The highest BCUT2D eigenvalue weighted by Crippen LogP contribution is 2.43. The smallest absolute Gasteiger partial charge is 0.416 e. The summed E-state index contributed by atoms with van der Waals surface area (Å²) < 4.78 is 52.1. The molecule has 1 aliphatic rings. The lowest BCUT2D eigenvalue weighted by Gasteiger charge is -2.33. The van der Waals surface area contributed by atoms with Gasteiger partial charge in [0, 0.05) is 11.6 Å². The van der Waals surface area contributed by atoms with E-state index in [0.717, 1.165) is 17.7 Å². The third-order valence-electron chi connectivity index (χ3n) is 6.27. The molecule has 190 valence electrons. The van der Waals surface area contributed by atoms with E-state index >= 15 is 0 Å². The van der Waals surface area contributed by atoms with Crippen LogP contribution < -0.4 is 9.47 Å². The molecule has 0 bridgehead atoms. The lowest BCUT2D eigenvalue weighted by molar-refractivity contribution is -0.143. The van der Waals surface area contributed by atoms with Gasteiger partial charge in [0.25, 0.3) is 0 Å². The zero-order valence-corrected chi connectivity index (χ0v) is 20.2. The van der Waals surface area contributed by atoms with Crippen LogP contribution in [0.3, 0.4) is 0 Å². The van der Waals surface area contributed by atoms with Crippen molar-refractivity contribution in [2.45, 2.75) is 37.7 Å². The molecule has 1 N–H and O–H groups in total. The summed E-state index contributed by atoms with van der Waals surface area (Å²) in [5, 5.41) is 9.92. The fraction of sp³-hybridized carbons (Fsp3) is 0.296. The number of carboxylic acid groups (broad SMARTS) is 1. The Morgan fingerprint density at radius 3 is 2.53 bits per heavy atom. The SMILES string of the molecule is COc1cc(C(c2cc(C(F)(F)F)ccc2Cl)N2CCCC2C(=O)O)ccc1OCc1ccccc1. The second kappa shape index (κ2) is 10.8. The third-order valence-corrected chi connectivity index (χ3v) is 6.61. The van der Waals surface area contributed by atoms with Crippen LogP contribution in [0.2, 0.25) is 5.02 Å². The summed E-state index contributed by atoms with van der Waals surface area (Å²) in [5.41, 5.74) is 0.833. The highest BCUT2D eigenvalue weighted by Gasteiger charge is 2.39. The molecule has 1 aliphatic heterocycles. The van der Waals surface area contributed by atoms with Crippen LogP contribution in [0.5, 0.6) is 11.5 Å². The van der Waals surface area contributed by atoms with Crippen molar-refractivity contribution >= 4 is 17.6 Å². The van der Waals surface area contributed by atoms with Crippen molar-refractivity contribution in [2.75, 3.05) is 13.7 Å². The topological polar surface area (TPSA) is 59.0 Å². The zero-order valence-electron chi connectivity index (χ0n) is 19.5. The summed E-state index contributed by atoms with van der Waals surface area (Å²) in [6, 6.07) is 16.0. The molecule has 0 aromatic heterocycles. The quantitative estimate of drug-likeness (QED) is 0.364. The summed E-state index contributed by atoms with van der Waals surface area (Å²) in [4.78, 5) is 13.7. The van der Waals surface area contributed by atoms with Crippen LogP contribution in [0.25, 0.3) is 0 Å². The van der Waals surface area contributed by atoms with Gasteiger partial charge in [0.2, 0.25) is 0 Å². The van der Waals surface area contributed by atoms with Crippen molar-refractivity contribution in [1.29, 1.82) is 0 Å². The number of aliphatic carboxylic acids is 1. The maximum Gasteiger partial charge on any atom is 0.416 e. The van der Waals surface area contributed by atoms with E-state index in [0.29, 0.717) is 43.1 Å². The summed E-state index contributed by atoms with van der Waals surface area (Å²) in [5.74, 6) is -0.201. The number of ether oxygens (including phenoxy) is 2. The van der Waals surface area contributed by atoms with Gasteiger partial charge in [-0.3, -0.25) is 9.69 Å². The van der Waals surface area contributed by atoms with Crippen LogP contribution in [0.15, 0.2) is 66.7 Å². The fourth-order valence-corrected chi connectivity index (χ4v) is 4.77. The number of halogens is 4. The summed E-state index contributed by atoms with van der Waals surface area (Å²) in [7, 11) is 1.47. The van der Waals surface area contributed by atoms with E-state index in [4.69, 9.17) is 21.1 Å². The van der Waals surface area contributed by atoms with Gasteiger partial charge in [-0.2, -0.15) is 13.2 Å². The largest absolute Gasteiger partial charge is 0.493 e. The summed E-state index contributed by atoms with van der Waals surface area (Å²) >= 11 is 6.42. The molecule has 0 radical (unpaired) electrons. The highest BCUT2D eigenvalue weighted by atomic mass is 35.5. The van der Waals surface area contributed by atoms with Crippen molar-refractivity contribution in [3.05, 3.63) is 94.0 Å². The molecule has 1 saturated heterocycles. The second-order valence-corrected chi connectivity index (χ2v) is 8.96. The second-order valence-electron chi connectivity index (χ2n) is 8.56. The monoisotopic (exact) mass is 519 g/mol. The molecule has 2 atom stereocenters. The number of hydrogen-bond donors (Lipinski definition) is 1. The van der Waals surface area contributed by atoms with Crippen molar-refractivity contribution in [1.82, 2.24) is 4.90 Å². The molecule has 2 unspecified atom stereocenters. The number of nitrogens with zero attached hydrogens (tertiary/aromatic N) is 1. The Morgan fingerprint density at radius 2 is 1.86 bits per heavy atom. The van der Waals surface area contributed by atoms with Gasteiger partial charge >= 0.3 is 12.1 Å². The minimum absolute atomic E-state index is 0.118. The van der Waals surface area contributed by atoms with Gasteiger partial charge in [0.1, 0.15) is 12.6 Å². The van der Waals surface area contributed by atoms with Gasteiger partial charge in [0.15, 0.2) is 11.5 Å². The van der Waals surface area contributed by atoms with Crippen LogP contribution in [-0.2, 0) is 17.6 Å². The lowest BCUT2D eigenvalue weighted by atomic mass is 9.94. The molecule has 3 aromatic carbocycles. The number of carboxylic acids is 1. The van der Waals surface area contributed by atoms with Gasteiger partial charge in [-0.25, -0.2) is 0 Å². The minimum Gasteiger partial charge on any atom is -0.493 e. The Morgan fingerprint density at radius 1 is 1.11 bits per heavy atom. The van der Waals surface area contributed by atoms with Crippen molar-refractivity contribution in [3.63, 3.8) is 0 Å². The van der Waals surface area contributed by atoms with Gasteiger partial charge < -0.3 is 14.6 Å². The summed E-state index contributed by atoms with van der Waals surface area (Å²) in [6.07, 6.45) is -3.59. The molecular weight excluding hydrogens is 495 g/mol. The van der Waals surface area contributed by atoms with Crippen LogP contribution in [0, 0.1) is 0 Å². The van der Waals surface area contributed by atoms with Crippen LogP contribution >= 0.6 is 11.6 Å². The van der Waals surface area contributed by atoms with E-state index in [-0.39, 0.29) is 10.6 Å². The Balaban J connectivity index is 1.76. The molecule has 0 spiro atoms.